The minimum absolute atomic E-state index is 0.0178. The largest absolute Gasteiger partial charge is 0.573 e. The predicted octanol–water partition coefficient (Wildman–Crippen LogP) is 3.78. The molecule has 0 spiro atoms. The van der Waals surface area contributed by atoms with Crippen LogP contribution in [0.5, 0.6) is 5.75 Å². The molecule has 0 atom stereocenters. The molecule has 35 heavy (non-hydrogen) atoms. The Morgan fingerprint density at radius 3 is 2.57 bits per heavy atom. The molecule has 0 bridgehead atoms. The molecule has 0 saturated heterocycles. The number of ether oxygens (including phenoxy) is 1. The summed E-state index contributed by atoms with van der Waals surface area (Å²) in [5, 5.41) is 2.69. The first-order chi connectivity index (χ1) is 16.5. The summed E-state index contributed by atoms with van der Waals surface area (Å²) in [5.74, 6) is -1.58. The summed E-state index contributed by atoms with van der Waals surface area (Å²) in [6, 6.07) is 9.94. The van der Waals surface area contributed by atoms with Crippen molar-refractivity contribution in [1.82, 2.24) is 19.7 Å². The Kier molecular flexibility index (Phi) is 5.15. The van der Waals surface area contributed by atoms with Crippen LogP contribution in [0.15, 0.2) is 54.9 Å². The number of carbonyl (C=O) groups is 1. The molecule has 0 N–H and O–H groups in total. The van der Waals surface area contributed by atoms with Gasteiger partial charge in [-0.3, -0.25) is 14.5 Å². The second-order valence-corrected chi connectivity index (χ2v) is 8.15. The van der Waals surface area contributed by atoms with Crippen molar-refractivity contribution in [2.75, 3.05) is 0 Å². The number of nitrogens with zero attached hydrogens (tertiary/aromatic N) is 4. The van der Waals surface area contributed by atoms with Crippen molar-refractivity contribution in [3.63, 3.8) is 0 Å². The van der Waals surface area contributed by atoms with Crippen molar-refractivity contribution >= 4 is 32.5 Å². The van der Waals surface area contributed by atoms with Gasteiger partial charge in [-0.15, -0.1) is 13.2 Å². The van der Waals surface area contributed by atoms with E-state index in [-0.39, 0.29) is 28.9 Å². The number of amides is 1. The normalized spacial score (nSPS) is 15.0. The van der Waals surface area contributed by atoms with Gasteiger partial charge in [0.15, 0.2) is 5.75 Å². The molecular weight excluding hydrogens is 462 g/mol. The van der Waals surface area contributed by atoms with Gasteiger partial charge >= 0.3 is 6.36 Å². The molecule has 1 aliphatic heterocycles. The Hall–Kier alpha value is -3.82. The van der Waals surface area contributed by atoms with Crippen LogP contribution < -0.4 is 4.74 Å². The highest BCUT2D eigenvalue weighted by molar-refractivity contribution is 6.42. The first-order valence-corrected chi connectivity index (χ1v) is 10.3. The minimum atomic E-state index is -4.89. The maximum Gasteiger partial charge on any atom is 0.573 e. The maximum atomic E-state index is 15.2. The third-order valence-electron chi connectivity index (χ3n) is 5.78. The number of rotatable bonds is 4. The Morgan fingerprint density at radius 2 is 1.89 bits per heavy atom. The van der Waals surface area contributed by atoms with Crippen molar-refractivity contribution in [2.24, 2.45) is 7.05 Å². The lowest BCUT2D eigenvalue weighted by atomic mass is 9.59. The van der Waals surface area contributed by atoms with E-state index in [0.717, 1.165) is 11.0 Å². The summed E-state index contributed by atoms with van der Waals surface area (Å²) < 4.78 is 58.9. The molecule has 0 aliphatic carbocycles. The van der Waals surface area contributed by atoms with Gasteiger partial charge < -0.3 is 9.64 Å². The van der Waals surface area contributed by atoms with Gasteiger partial charge in [-0.05, 0) is 41.5 Å². The lowest BCUT2D eigenvalue weighted by Crippen LogP contribution is -2.44. The lowest BCUT2D eigenvalue weighted by Gasteiger charge is -2.33. The minimum Gasteiger partial charge on any atom is -0.403 e. The average molecular weight is 476 g/mol. The average Bonchev–Trinajstić information content (AvgIpc) is 3.26. The van der Waals surface area contributed by atoms with Gasteiger partial charge in [0.25, 0.3) is 5.91 Å². The number of hydrogen-bond acceptors (Lipinski definition) is 4. The Balaban J connectivity index is 1.49. The third kappa shape index (κ3) is 3.92. The van der Waals surface area contributed by atoms with E-state index in [0.29, 0.717) is 16.5 Å². The van der Waals surface area contributed by atoms with Gasteiger partial charge in [-0.2, -0.15) is 5.10 Å². The van der Waals surface area contributed by atoms with E-state index in [1.165, 1.54) is 35.3 Å². The maximum absolute atomic E-state index is 15.2. The van der Waals surface area contributed by atoms with Crippen LogP contribution in [0, 0.1) is 5.82 Å². The van der Waals surface area contributed by atoms with Crippen LogP contribution in [-0.4, -0.2) is 47.6 Å². The van der Waals surface area contributed by atoms with Gasteiger partial charge in [-0.1, -0.05) is 12.1 Å². The van der Waals surface area contributed by atoms with Crippen LogP contribution >= 0.6 is 0 Å². The summed E-state index contributed by atoms with van der Waals surface area (Å²) in [4.78, 5) is 18.0. The van der Waals surface area contributed by atoms with Gasteiger partial charge in [-0.25, -0.2) is 4.39 Å². The summed E-state index contributed by atoms with van der Waals surface area (Å²) in [7, 11) is 13.9. The molecule has 2 aromatic heterocycles. The van der Waals surface area contributed by atoms with Crippen molar-refractivity contribution in [3.05, 3.63) is 77.5 Å². The number of alkyl halides is 3. The number of benzene rings is 2. The molecule has 0 saturated carbocycles. The number of aromatic nitrogens is 3. The van der Waals surface area contributed by atoms with Crippen LogP contribution in [0.2, 0.25) is 0 Å². The molecule has 3 heterocycles. The van der Waals surface area contributed by atoms with Crippen LogP contribution in [0.3, 0.4) is 0 Å². The highest BCUT2D eigenvalue weighted by atomic mass is 19.4. The van der Waals surface area contributed by atoms with Crippen LogP contribution in [0.1, 0.15) is 21.6 Å². The number of carbonyl (C=O) groups excluding carboxylic acids is 1. The van der Waals surface area contributed by atoms with Gasteiger partial charge in [0, 0.05) is 42.3 Å². The molecule has 5 rings (SSSR count). The molecule has 12 heteroatoms. The first-order valence-electron chi connectivity index (χ1n) is 10.3. The fourth-order valence-electron chi connectivity index (χ4n) is 4.21. The molecule has 4 aromatic rings. The fourth-order valence-corrected chi connectivity index (χ4v) is 4.21. The van der Waals surface area contributed by atoms with Crippen LogP contribution in [-0.2, 0) is 18.9 Å². The molecule has 2 aromatic carbocycles. The first kappa shape index (κ1) is 22.9. The molecule has 6 nitrogen and oxygen atoms in total. The zero-order valence-electron chi connectivity index (χ0n) is 18.2. The van der Waals surface area contributed by atoms with Crippen molar-refractivity contribution in [3.8, 4) is 16.9 Å². The van der Waals surface area contributed by atoms with E-state index >= 15 is 4.39 Å². The smallest absolute Gasteiger partial charge is 0.403 e. The molecule has 1 amide bonds. The summed E-state index contributed by atoms with van der Waals surface area (Å²) in [6.07, 6.45) is -1.91. The van der Waals surface area contributed by atoms with E-state index in [1.807, 2.05) is 0 Å². The standard InChI is InChI=1S/C23H14B2F4N4O2/c1-32-11-16-14(6-7-18(19(16)31-32)35-23(27,28)29)12-4-5-13(17(26)9-12)10-33-21(34)15-3-2-8-30-20(15)22(33,24)25/h2-9,11H,10H2,1H3. The Labute approximate surface area is 199 Å². The van der Waals surface area contributed by atoms with Gasteiger partial charge in [0.1, 0.15) is 11.3 Å². The van der Waals surface area contributed by atoms with Crippen molar-refractivity contribution in [1.29, 1.82) is 0 Å². The highest BCUT2D eigenvalue weighted by Crippen LogP contribution is 2.38. The zero-order chi connectivity index (χ0) is 25.1. The quantitative estimate of drug-likeness (QED) is 0.333. The molecular formula is C23H14B2F4N4O2. The number of pyridine rings is 1. The summed E-state index contributed by atoms with van der Waals surface area (Å²) in [6.45, 7) is -0.213. The lowest BCUT2D eigenvalue weighted by molar-refractivity contribution is -0.274. The van der Waals surface area contributed by atoms with E-state index in [1.54, 1.807) is 25.2 Å². The summed E-state index contributed by atoms with van der Waals surface area (Å²) >= 11 is 0. The van der Waals surface area contributed by atoms with E-state index in [2.05, 4.69) is 14.8 Å². The topological polar surface area (TPSA) is 60.3 Å². The highest BCUT2D eigenvalue weighted by Gasteiger charge is 2.43. The molecule has 0 fully saturated rings. The number of halogens is 4. The van der Waals surface area contributed by atoms with Gasteiger partial charge in [0.05, 0.1) is 26.9 Å². The molecule has 172 valence electrons. The van der Waals surface area contributed by atoms with E-state index in [4.69, 9.17) is 15.7 Å². The van der Waals surface area contributed by atoms with Gasteiger partial charge in [0.2, 0.25) is 0 Å². The monoisotopic (exact) mass is 476 g/mol. The van der Waals surface area contributed by atoms with Crippen molar-refractivity contribution in [2.45, 2.75) is 18.2 Å². The predicted molar refractivity (Wildman–Crippen MR) is 120 cm³/mol. The number of aryl methyl sites for hydroxylation is 1. The third-order valence-corrected chi connectivity index (χ3v) is 5.78. The second kappa shape index (κ2) is 7.86. The molecule has 4 radical (unpaired) electrons. The summed E-state index contributed by atoms with van der Waals surface area (Å²) in [5.41, 5.74) is 1.42. The zero-order valence-corrected chi connectivity index (χ0v) is 18.2. The Bertz CT molecular complexity index is 1490. The van der Waals surface area contributed by atoms with Crippen LogP contribution in [0.4, 0.5) is 17.6 Å². The molecule has 0 unspecified atom stereocenters. The fraction of sp³-hybridized carbons (Fsp3) is 0.174. The SMILES string of the molecule is [B]C1([B])c2ncccc2C(=O)N1Cc1ccc(-c2ccc(OC(F)(F)F)c3nn(C)cc23)cc1F. The number of fused-ring (bicyclic) bond motifs is 2. The second-order valence-electron chi connectivity index (χ2n) is 8.15. The Morgan fingerprint density at radius 1 is 1.11 bits per heavy atom. The molecule has 1 aliphatic rings. The van der Waals surface area contributed by atoms with E-state index < -0.39 is 29.2 Å². The van der Waals surface area contributed by atoms with Crippen molar-refractivity contribution < 1.29 is 27.1 Å². The van der Waals surface area contributed by atoms with E-state index in [9.17, 15) is 18.0 Å². The van der Waals surface area contributed by atoms with Crippen LogP contribution in [0.25, 0.3) is 22.0 Å². The number of hydrogen-bond donors (Lipinski definition) is 0.